The van der Waals surface area contributed by atoms with Crippen LogP contribution in [0.5, 0.6) is 5.75 Å². The van der Waals surface area contributed by atoms with E-state index in [4.69, 9.17) is 11.6 Å². The number of hydrogen-bond acceptors (Lipinski definition) is 3. The van der Waals surface area contributed by atoms with Crippen molar-refractivity contribution in [2.45, 2.75) is 19.4 Å². The zero-order chi connectivity index (χ0) is 15.7. The van der Waals surface area contributed by atoms with Crippen molar-refractivity contribution in [2.24, 2.45) is 5.10 Å². The van der Waals surface area contributed by atoms with Gasteiger partial charge >= 0.3 is 0 Å². The lowest BCUT2D eigenvalue weighted by Crippen LogP contribution is -2.24. The van der Waals surface area contributed by atoms with E-state index in [1.165, 1.54) is 11.9 Å². The van der Waals surface area contributed by atoms with Gasteiger partial charge in [0.05, 0.1) is 11.8 Å². The third-order valence-electron chi connectivity index (χ3n) is 3.69. The Bertz CT molecular complexity index is 758. The number of carbonyl (C=O) groups is 1. The van der Waals surface area contributed by atoms with E-state index in [1.54, 1.807) is 18.2 Å². The monoisotopic (exact) mass is 314 g/mol. The Morgan fingerprint density at radius 3 is 2.73 bits per heavy atom. The Morgan fingerprint density at radius 2 is 2.05 bits per heavy atom. The van der Waals surface area contributed by atoms with Crippen LogP contribution in [0.2, 0.25) is 5.02 Å². The molecule has 0 fully saturated rings. The quantitative estimate of drug-likeness (QED) is 0.918. The summed E-state index contributed by atoms with van der Waals surface area (Å²) in [5, 5.41) is 16.5. The maximum absolute atomic E-state index is 11.9. The van der Waals surface area contributed by atoms with E-state index in [9.17, 15) is 9.90 Å². The lowest BCUT2D eigenvalue weighted by molar-refractivity contribution is -0.130. The number of carbonyl (C=O) groups excluding carboxylic acids is 1. The maximum atomic E-state index is 11.9. The number of halogens is 1. The van der Waals surface area contributed by atoms with Crippen LogP contribution in [0.25, 0.3) is 0 Å². The summed E-state index contributed by atoms with van der Waals surface area (Å²) >= 11 is 6.03. The number of amides is 1. The van der Waals surface area contributed by atoms with Crippen molar-refractivity contribution in [3.8, 4) is 5.75 Å². The summed E-state index contributed by atoms with van der Waals surface area (Å²) < 4.78 is 0. The molecule has 0 saturated heterocycles. The molecule has 1 unspecified atom stereocenters. The third kappa shape index (κ3) is 2.70. The molecule has 1 heterocycles. The highest BCUT2D eigenvalue weighted by Crippen LogP contribution is 2.36. The molecule has 0 radical (unpaired) electrons. The summed E-state index contributed by atoms with van der Waals surface area (Å²) in [4.78, 5) is 11.9. The fraction of sp³-hybridized carbons (Fsp3) is 0.176. The number of rotatable bonds is 2. The fourth-order valence-electron chi connectivity index (χ4n) is 2.65. The van der Waals surface area contributed by atoms with Crippen LogP contribution in [-0.2, 0) is 4.79 Å². The molecule has 0 saturated carbocycles. The molecule has 1 aliphatic heterocycles. The molecular formula is C17H15ClN2O2. The highest BCUT2D eigenvalue weighted by Gasteiger charge is 2.32. The van der Waals surface area contributed by atoms with E-state index < -0.39 is 0 Å². The Morgan fingerprint density at radius 1 is 1.27 bits per heavy atom. The summed E-state index contributed by atoms with van der Waals surface area (Å²) in [7, 11) is 0. The van der Waals surface area contributed by atoms with Gasteiger partial charge in [-0.25, -0.2) is 5.01 Å². The average molecular weight is 315 g/mol. The molecule has 5 heteroatoms. The molecule has 22 heavy (non-hydrogen) atoms. The number of benzene rings is 2. The third-order valence-corrected chi connectivity index (χ3v) is 3.92. The fourth-order valence-corrected chi connectivity index (χ4v) is 2.84. The molecular weight excluding hydrogens is 300 g/mol. The van der Waals surface area contributed by atoms with Crippen LogP contribution in [0.3, 0.4) is 0 Å². The number of para-hydroxylation sites is 1. The lowest BCUT2D eigenvalue weighted by atomic mass is 9.98. The molecule has 1 atom stereocenters. The second-order valence-electron chi connectivity index (χ2n) is 5.20. The molecule has 0 bridgehead atoms. The second-order valence-corrected chi connectivity index (χ2v) is 5.64. The van der Waals surface area contributed by atoms with Crippen LogP contribution >= 0.6 is 11.6 Å². The molecule has 4 nitrogen and oxygen atoms in total. The van der Waals surface area contributed by atoms with E-state index in [2.05, 4.69) is 5.10 Å². The summed E-state index contributed by atoms with van der Waals surface area (Å²) in [5.41, 5.74) is 2.36. The Hall–Kier alpha value is -2.33. The van der Waals surface area contributed by atoms with Crippen molar-refractivity contribution >= 4 is 23.2 Å². The van der Waals surface area contributed by atoms with Crippen molar-refractivity contribution in [2.75, 3.05) is 0 Å². The molecule has 1 amide bonds. The van der Waals surface area contributed by atoms with Crippen LogP contribution in [0.1, 0.15) is 30.5 Å². The van der Waals surface area contributed by atoms with E-state index in [0.29, 0.717) is 17.0 Å². The summed E-state index contributed by atoms with van der Waals surface area (Å²) in [6.07, 6.45) is 0.539. The summed E-state index contributed by atoms with van der Waals surface area (Å²) in [5.74, 6) is 0.00609. The van der Waals surface area contributed by atoms with Crippen LogP contribution in [0, 0.1) is 0 Å². The van der Waals surface area contributed by atoms with Crippen molar-refractivity contribution in [1.82, 2.24) is 5.01 Å². The van der Waals surface area contributed by atoms with Gasteiger partial charge in [-0.2, -0.15) is 5.10 Å². The number of hydrazone groups is 1. The summed E-state index contributed by atoms with van der Waals surface area (Å²) in [6.45, 7) is 1.47. The van der Waals surface area contributed by atoms with Gasteiger partial charge in [0.15, 0.2) is 0 Å². The van der Waals surface area contributed by atoms with E-state index in [-0.39, 0.29) is 17.7 Å². The number of hydrogen-bond donors (Lipinski definition) is 1. The first-order valence-corrected chi connectivity index (χ1v) is 7.35. The first-order valence-electron chi connectivity index (χ1n) is 6.97. The molecule has 1 N–H and O–H groups in total. The average Bonchev–Trinajstić information content (AvgIpc) is 2.93. The maximum Gasteiger partial charge on any atom is 0.240 e. The van der Waals surface area contributed by atoms with Crippen LogP contribution in [-0.4, -0.2) is 21.7 Å². The van der Waals surface area contributed by atoms with E-state index in [1.807, 2.05) is 30.3 Å². The molecule has 2 aromatic carbocycles. The normalized spacial score (nSPS) is 17.5. The van der Waals surface area contributed by atoms with E-state index >= 15 is 0 Å². The van der Waals surface area contributed by atoms with E-state index in [0.717, 1.165) is 11.3 Å². The molecule has 1 aliphatic rings. The van der Waals surface area contributed by atoms with Gasteiger partial charge in [-0.15, -0.1) is 0 Å². The minimum absolute atomic E-state index is 0.162. The Balaban J connectivity index is 1.99. The van der Waals surface area contributed by atoms with Gasteiger partial charge in [-0.1, -0.05) is 41.9 Å². The number of phenols is 1. The van der Waals surface area contributed by atoms with Crippen LogP contribution < -0.4 is 0 Å². The minimum Gasteiger partial charge on any atom is -0.508 e. The molecule has 112 valence electrons. The van der Waals surface area contributed by atoms with Crippen LogP contribution in [0.4, 0.5) is 0 Å². The second kappa shape index (κ2) is 5.81. The number of phenolic OH excluding ortho intramolecular Hbond substituents is 1. The highest BCUT2D eigenvalue weighted by atomic mass is 35.5. The minimum atomic E-state index is -0.298. The predicted octanol–water partition coefficient (Wildman–Crippen LogP) is 3.74. The smallest absolute Gasteiger partial charge is 0.240 e. The molecule has 0 aromatic heterocycles. The van der Waals surface area contributed by atoms with Gasteiger partial charge in [0, 0.05) is 23.9 Å². The lowest BCUT2D eigenvalue weighted by Gasteiger charge is -2.21. The standard InChI is InChI=1S/C17H15ClN2O2/c1-11(21)20-16(14-7-2-3-8-17(14)22)10-15(19-20)12-5-4-6-13(18)9-12/h2-9,16,22H,10H2,1H3. The Kier molecular flexibility index (Phi) is 3.86. The molecule has 3 rings (SSSR count). The zero-order valence-corrected chi connectivity index (χ0v) is 12.8. The first-order chi connectivity index (χ1) is 10.6. The predicted molar refractivity (Wildman–Crippen MR) is 86.0 cm³/mol. The van der Waals surface area contributed by atoms with Gasteiger partial charge in [0.25, 0.3) is 0 Å². The van der Waals surface area contributed by atoms with Crippen molar-refractivity contribution in [1.29, 1.82) is 0 Å². The van der Waals surface area contributed by atoms with Crippen molar-refractivity contribution < 1.29 is 9.90 Å². The van der Waals surface area contributed by atoms with Crippen molar-refractivity contribution in [3.05, 3.63) is 64.7 Å². The van der Waals surface area contributed by atoms with Gasteiger partial charge in [-0.05, 0) is 23.8 Å². The van der Waals surface area contributed by atoms with Gasteiger partial charge in [-0.3, -0.25) is 4.79 Å². The Labute approximate surface area is 133 Å². The van der Waals surface area contributed by atoms with Gasteiger partial charge in [0.1, 0.15) is 5.75 Å². The highest BCUT2D eigenvalue weighted by molar-refractivity contribution is 6.31. The number of aromatic hydroxyl groups is 1. The van der Waals surface area contributed by atoms with Crippen LogP contribution in [0.15, 0.2) is 53.6 Å². The van der Waals surface area contributed by atoms with Crippen molar-refractivity contribution in [3.63, 3.8) is 0 Å². The topological polar surface area (TPSA) is 52.9 Å². The number of nitrogens with zero attached hydrogens (tertiary/aromatic N) is 2. The first kappa shape index (κ1) is 14.6. The largest absolute Gasteiger partial charge is 0.508 e. The molecule has 0 spiro atoms. The van der Waals surface area contributed by atoms with Gasteiger partial charge in [0.2, 0.25) is 5.91 Å². The van der Waals surface area contributed by atoms with Gasteiger partial charge < -0.3 is 5.11 Å². The summed E-state index contributed by atoms with van der Waals surface area (Å²) in [6, 6.07) is 14.1. The molecule has 0 aliphatic carbocycles. The molecule has 2 aromatic rings. The SMILES string of the molecule is CC(=O)N1N=C(c2cccc(Cl)c2)CC1c1ccccc1O. The zero-order valence-electron chi connectivity index (χ0n) is 12.0.